The molecule has 0 N–H and O–H groups in total. The average Bonchev–Trinajstić information content (AvgIpc) is 2.74. The number of rotatable bonds is 3. The van der Waals surface area contributed by atoms with E-state index < -0.39 is 0 Å². The van der Waals surface area contributed by atoms with Gasteiger partial charge in [-0.05, 0) is 0 Å². The number of allylic oxidation sites excluding steroid dienone is 1. The topological polar surface area (TPSA) is 65.1 Å². The molecule has 102 valence electrons. The normalized spacial score (nSPS) is 10.9. The van der Waals surface area contributed by atoms with Gasteiger partial charge >= 0.3 is 5.69 Å². The van der Waals surface area contributed by atoms with Gasteiger partial charge in [0.2, 0.25) is 5.95 Å². The van der Waals surface area contributed by atoms with E-state index in [0.717, 1.165) is 4.57 Å². The van der Waals surface area contributed by atoms with Crippen LogP contribution in [0.4, 0.5) is 5.95 Å². The largest absolute Gasteiger partial charge is 0.348 e. The molecule has 19 heavy (non-hydrogen) atoms. The van der Waals surface area contributed by atoms with Crippen LogP contribution >= 0.6 is 0 Å². The van der Waals surface area contributed by atoms with Crippen molar-refractivity contribution in [1.29, 1.82) is 0 Å². The van der Waals surface area contributed by atoms with Crippen LogP contribution in [0.1, 0.15) is 0 Å². The smallest absolute Gasteiger partial charge is 0.332 e. The van der Waals surface area contributed by atoms with Crippen LogP contribution in [0.2, 0.25) is 0 Å². The summed E-state index contributed by atoms with van der Waals surface area (Å²) in [4.78, 5) is 30.3. The van der Waals surface area contributed by atoms with Crippen LogP contribution < -0.4 is 16.1 Å². The lowest BCUT2D eigenvalue weighted by atomic mass is 10.5. The quantitative estimate of drug-likeness (QED) is 0.712. The maximum absolute atomic E-state index is 12.3. The summed E-state index contributed by atoms with van der Waals surface area (Å²) in [5.74, 6) is 0.619. The van der Waals surface area contributed by atoms with Gasteiger partial charge in [-0.2, -0.15) is 4.98 Å². The molecule has 2 aromatic heterocycles. The van der Waals surface area contributed by atoms with Crippen molar-refractivity contribution in [3.8, 4) is 0 Å². The van der Waals surface area contributed by atoms with Crippen molar-refractivity contribution in [2.75, 3.05) is 19.0 Å². The van der Waals surface area contributed by atoms with Gasteiger partial charge < -0.3 is 9.47 Å². The Morgan fingerprint density at radius 2 is 1.89 bits per heavy atom. The summed E-state index contributed by atoms with van der Waals surface area (Å²) in [6.45, 7) is 4.15. The van der Waals surface area contributed by atoms with E-state index in [0.29, 0.717) is 23.7 Å². The lowest BCUT2D eigenvalue weighted by Crippen LogP contribution is -2.37. The lowest BCUT2D eigenvalue weighted by molar-refractivity contribution is 0.703. The number of imidazole rings is 1. The fraction of sp³-hybridized carbons (Fsp3) is 0.417. The fourth-order valence-corrected chi connectivity index (χ4v) is 2.08. The Morgan fingerprint density at radius 1 is 1.26 bits per heavy atom. The summed E-state index contributed by atoms with van der Waals surface area (Å²) < 4.78 is 4.22. The van der Waals surface area contributed by atoms with Crippen molar-refractivity contribution in [3.63, 3.8) is 0 Å². The minimum Gasteiger partial charge on any atom is -0.348 e. The number of aryl methyl sites for hydroxylation is 1. The highest BCUT2D eigenvalue weighted by Crippen LogP contribution is 2.17. The molecule has 0 bridgehead atoms. The first-order valence-electron chi connectivity index (χ1n) is 5.84. The molecule has 0 radical (unpaired) electrons. The number of hydrogen-bond acceptors (Lipinski definition) is 4. The molecule has 0 fully saturated rings. The van der Waals surface area contributed by atoms with Gasteiger partial charge in [-0.1, -0.05) is 6.08 Å². The lowest BCUT2D eigenvalue weighted by Gasteiger charge is -2.12. The van der Waals surface area contributed by atoms with Crippen LogP contribution in [0.5, 0.6) is 0 Å². The van der Waals surface area contributed by atoms with Gasteiger partial charge in [-0.25, -0.2) is 4.79 Å². The Hall–Kier alpha value is -2.31. The Morgan fingerprint density at radius 3 is 2.42 bits per heavy atom. The SMILES string of the molecule is C=CCn1c(N(C)C)nc2c1c(=O)n(C)c(=O)n2C. The molecule has 0 spiro atoms. The van der Waals surface area contributed by atoms with E-state index in [1.807, 2.05) is 14.1 Å². The maximum atomic E-state index is 12.3. The molecule has 0 atom stereocenters. The molecule has 7 nitrogen and oxygen atoms in total. The number of fused-ring (bicyclic) bond motifs is 1. The molecule has 0 aliphatic rings. The van der Waals surface area contributed by atoms with E-state index in [2.05, 4.69) is 11.6 Å². The third-order valence-corrected chi connectivity index (χ3v) is 3.04. The molecule has 2 rings (SSSR count). The summed E-state index contributed by atoms with van der Waals surface area (Å²) in [6, 6.07) is 0. The Bertz CT molecular complexity index is 763. The third-order valence-electron chi connectivity index (χ3n) is 3.04. The van der Waals surface area contributed by atoms with Crippen molar-refractivity contribution >= 4 is 17.1 Å². The monoisotopic (exact) mass is 263 g/mol. The zero-order chi connectivity index (χ0) is 14.3. The van der Waals surface area contributed by atoms with Gasteiger partial charge in [0.15, 0.2) is 11.2 Å². The number of aromatic nitrogens is 4. The second-order valence-electron chi connectivity index (χ2n) is 4.58. The van der Waals surface area contributed by atoms with Gasteiger partial charge in [-0.15, -0.1) is 6.58 Å². The van der Waals surface area contributed by atoms with Gasteiger partial charge in [0, 0.05) is 34.7 Å². The van der Waals surface area contributed by atoms with Crippen LogP contribution in [0.15, 0.2) is 22.2 Å². The first kappa shape index (κ1) is 13.1. The standard InChI is InChI=1S/C12H17N5O2/c1-6-7-17-8-9(13-11(17)14(2)3)15(4)12(19)16(5)10(8)18/h6H,1,7H2,2-5H3. The van der Waals surface area contributed by atoms with E-state index in [4.69, 9.17) is 0 Å². The van der Waals surface area contributed by atoms with Gasteiger partial charge in [-0.3, -0.25) is 13.9 Å². The third kappa shape index (κ3) is 1.78. The molecule has 0 aromatic carbocycles. The second kappa shape index (κ2) is 4.42. The minimum atomic E-state index is -0.383. The Balaban J connectivity index is 3.05. The van der Waals surface area contributed by atoms with E-state index in [1.54, 1.807) is 22.6 Å². The maximum Gasteiger partial charge on any atom is 0.332 e. The summed E-state index contributed by atoms with van der Waals surface area (Å²) in [6.07, 6.45) is 1.69. The zero-order valence-electron chi connectivity index (χ0n) is 11.5. The highest BCUT2D eigenvalue weighted by molar-refractivity contribution is 5.74. The van der Waals surface area contributed by atoms with Crippen molar-refractivity contribution in [2.45, 2.75) is 6.54 Å². The van der Waals surface area contributed by atoms with E-state index >= 15 is 0 Å². The van der Waals surface area contributed by atoms with Gasteiger partial charge in [0.05, 0.1) is 0 Å². The highest BCUT2D eigenvalue weighted by Gasteiger charge is 2.19. The summed E-state index contributed by atoms with van der Waals surface area (Å²) in [5, 5.41) is 0. The molecule has 0 amide bonds. The van der Waals surface area contributed by atoms with E-state index in [9.17, 15) is 9.59 Å². The first-order chi connectivity index (χ1) is 8.90. The van der Waals surface area contributed by atoms with E-state index in [1.165, 1.54) is 11.6 Å². The number of hydrogen-bond donors (Lipinski definition) is 0. The van der Waals surface area contributed by atoms with Crippen molar-refractivity contribution in [3.05, 3.63) is 33.5 Å². The number of nitrogens with zero attached hydrogens (tertiary/aromatic N) is 5. The molecule has 2 heterocycles. The van der Waals surface area contributed by atoms with Crippen LogP contribution in [0.25, 0.3) is 11.2 Å². The predicted molar refractivity (Wildman–Crippen MR) is 74.7 cm³/mol. The molecular formula is C12H17N5O2. The Kier molecular flexibility index (Phi) is 3.05. The average molecular weight is 263 g/mol. The molecule has 0 aliphatic heterocycles. The molecule has 0 unspecified atom stereocenters. The number of anilines is 1. The summed E-state index contributed by atoms with van der Waals surface area (Å²) >= 11 is 0. The fourth-order valence-electron chi connectivity index (χ4n) is 2.08. The molecular weight excluding hydrogens is 246 g/mol. The molecule has 2 aromatic rings. The van der Waals surface area contributed by atoms with Crippen molar-refractivity contribution in [2.24, 2.45) is 14.1 Å². The molecule has 0 aliphatic carbocycles. The van der Waals surface area contributed by atoms with Gasteiger partial charge in [0.25, 0.3) is 5.56 Å². The second-order valence-corrected chi connectivity index (χ2v) is 4.58. The summed E-state index contributed by atoms with van der Waals surface area (Å²) in [7, 11) is 6.74. The predicted octanol–water partition coefficient (Wildman–Crippen LogP) is -0.314. The molecule has 7 heteroatoms. The highest BCUT2D eigenvalue weighted by atomic mass is 16.2. The van der Waals surface area contributed by atoms with Crippen LogP contribution in [-0.4, -0.2) is 32.8 Å². The van der Waals surface area contributed by atoms with Crippen LogP contribution in [0.3, 0.4) is 0 Å². The molecule has 0 saturated carbocycles. The van der Waals surface area contributed by atoms with Crippen molar-refractivity contribution < 1.29 is 0 Å². The minimum absolute atomic E-state index is 0.347. The van der Waals surface area contributed by atoms with Crippen LogP contribution in [0, 0.1) is 0 Å². The van der Waals surface area contributed by atoms with Crippen molar-refractivity contribution in [1.82, 2.24) is 18.7 Å². The first-order valence-corrected chi connectivity index (χ1v) is 5.84. The summed E-state index contributed by atoms with van der Waals surface area (Å²) in [5.41, 5.74) is 0.0680. The van der Waals surface area contributed by atoms with E-state index in [-0.39, 0.29) is 11.2 Å². The Labute approximate surface area is 110 Å². The van der Waals surface area contributed by atoms with Gasteiger partial charge in [0.1, 0.15) is 0 Å². The zero-order valence-corrected chi connectivity index (χ0v) is 11.5. The molecule has 0 saturated heterocycles. The van der Waals surface area contributed by atoms with Crippen LogP contribution in [-0.2, 0) is 20.6 Å².